The minimum absolute atomic E-state index is 0.0695. The fraction of sp³-hybridized carbons (Fsp3) is 0.400. The largest absolute Gasteiger partial charge is 0.424 e. The summed E-state index contributed by atoms with van der Waals surface area (Å²) in [6.45, 7) is 5.13. The molecule has 2 aromatic rings. The molecule has 3 rings (SSSR count). The Labute approximate surface area is 144 Å². The molecular weight excluding hydrogens is 339 g/mol. The van der Waals surface area contributed by atoms with Crippen LogP contribution < -0.4 is 0 Å². The van der Waals surface area contributed by atoms with Crippen molar-refractivity contribution in [1.29, 1.82) is 0 Å². The molecule has 2 heterocycles. The average Bonchev–Trinajstić information content (AvgIpc) is 2.92. The van der Waals surface area contributed by atoms with Crippen LogP contribution in [-0.4, -0.2) is 52.1 Å². The van der Waals surface area contributed by atoms with Crippen molar-refractivity contribution in [2.24, 2.45) is 0 Å². The van der Waals surface area contributed by atoms with E-state index < -0.39 is 0 Å². The van der Waals surface area contributed by atoms with Crippen LogP contribution in [0.1, 0.15) is 22.1 Å². The maximum absolute atomic E-state index is 12.5. The summed E-state index contributed by atoms with van der Waals surface area (Å²) in [6, 6.07) is 4.93. The molecule has 0 saturated carbocycles. The standard InChI is InChI=1S/C15H16Cl2N4O2/c1-10-18-19-14(23-10)9-20-4-6-21(7-5-20)15(22)12-3-2-11(16)8-13(12)17/h2-3,8H,4-7,9H2,1H3. The summed E-state index contributed by atoms with van der Waals surface area (Å²) < 4.78 is 5.38. The van der Waals surface area contributed by atoms with Gasteiger partial charge in [0.05, 0.1) is 17.1 Å². The Morgan fingerprint density at radius 1 is 1.22 bits per heavy atom. The van der Waals surface area contributed by atoms with Crippen molar-refractivity contribution in [3.05, 3.63) is 45.6 Å². The summed E-state index contributed by atoms with van der Waals surface area (Å²) >= 11 is 12.0. The van der Waals surface area contributed by atoms with Gasteiger partial charge in [0.15, 0.2) is 0 Å². The van der Waals surface area contributed by atoms with Crippen LogP contribution in [0.4, 0.5) is 0 Å². The number of aryl methyl sites for hydroxylation is 1. The van der Waals surface area contributed by atoms with Gasteiger partial charge in [-0.3, -0.25) is 9.69 Å². The van der Waals surface area contributed by atoms with E-state index in [1.54, 1.807) is 30.0 Å². The highest BCUT2D eigenvalue weighted by atomic mass is 35.5. The summed E-state index contributed by atoms with van der Waals surface area (Å²) in [5, 5.41) is 8.71. The maximum Gasteiger partial charge on any atom is 0.255 e. The van der Waals surface area contributed by atoms with Gasteiger partial charge >= 0.3 is 0 Å². The Morgan fingerprint density at radius 3 is 2.57 bits per heavy atom. The van der Waals surface area contributed by atoms with Crippen LogP contribution in [0.2, 0.25) is 10.0 Å². The lowest BCUT2D eigenvalue weighted by molar-refractivity contribution is 0.0618. The van der Waals surface area contributed by atoms with Gasteiger partial charge in [-0.25, -0.2) is 0 Å². The maximum atomic E-state index is 12.5. The second kappa shape index (κ2) is 6.86. The summed E-state index contributed by atoms with van der Waals surface area (Å²) in [6.07, 6.45) is 0. The highest BCUT2D eigenvalue weighted by molar-refractivity contribution is 6.36. The Balaban J connectivity index is 1.59. The van der Waals surface area contributed by atoms with Crippen molar-refractivity contribution in [1.82, 2.24) is 20.0 Å². The normalized spacial score (nSPS) is 15.9. The fourth-order valence-corrected chi connectivity index (χ4v) is 3.02. The number of aromatic nitrogens is 2. The lowest BCUT2D eigenvalue weighted by Crippen LogP contribution is -2.48. The van der Waals surface area contributed by atoms with Crippen LogP contribution in [0, 0.1) is 6.92 Å². The summed E-state index contributed by atoms with van der Waals surface area (Å²) in [5.74, 6) is 1.09. The van der Waals surface area contributed by atoms with E-state index in [4.69, 9.17) is 27.6 Å². The van der Waals surface area contributed by atoms with Crippen molar-refractivity contribution in [3.8, 4) is 0 Å². The first-order chi connectivity index (χ1) is 11.0. The second-order valence-electron chi connectivity index (χ2n) is 5.41. The number of hydrogen-bond acceptors (Lipinski definition) is 5. The molecule has 1 aliphatic rings. The van der Waals surface area contributed by atoms with Crippen molar-refractivity contribution in [2.75, 3.05) is 26.2 Å². The zero-order chi connectivity index (χ0) is 16.4. The molecule has 23 heavy (non-hydrogen) atoms. The average molecular weight is 355 g/mol. The zero-order valence-electron chi connectivity index (χ0n) is 12.6. The summed E-state index contributed by atoms with van der Waals surface area (Å²) in [5.41, 5.74) is 0.483. The lowest BCUT2D eigenvalue weighted by atomic mass is 10.2. The van der Waals surface area contributed by atoms with Gasteiger partial charge in [0.25, 0.3) is 5.91 Å². The van der Waals surface area contributed by atoms with E-state index in [-0.39, 0.29) is 5.91 Å². The molecule has 0 N–H and O–H groups in total. The Bertz CT molecular complexity index is 711. The van der Waals surface area contributed by atoms with Crippen molar-refractivity contribution < 1.29 is 9.21 Å². The predicted octanol–water partition coefficient (Wildman–Crippen LogP) is 2.64. The molecule has 1 saturated heterocycles. The molecule has 0 atom stereocenters. The molecule has 0 unspecified atom stereocenters. The van der Waals surface area contributed by atoms with Crippen LogP contribution in [0.5, 0.6) is 0 Å². The Kier molecular flexibility index (Phi) is 4.84. The number of piperazine rings is 1. The zero-order valence-corrected chi connectivity index (χ0v) is 14.1. The quantitative estimate of drug-likeness (QED) is 0.847. The molecule has 6 nitrogen and oxygen atoms in total. The molecule has 1 fully saturated rings. The molecule has 0 radical (unpaired) electrons. The SMILES string of the molecule is Cc1nnc(CN2CCN(C(=O)c3ccc(Cl)cc3Cl)CC2)o1. The number of nitrogens with zero attached hydrogens (tertiary/aromatic N) is 4. The van der Waals surface area contributed by atoms with Gasteiger partial charge in [-0.15, -0.1) is 10.2 Å². The van der Waals surface area contributed by atoms with Crippen LogP contribution >= 0.6 is 23.2 Å². The number of rotatable bonds is 3. The predicted molar refractivity (Wildman–Crippen MR) is 86.7 cm³/mol. The molecule has 0 bridgehead atoms. The van der Waals surface area contributed by atoms with Gasteiger partial charge < -0.3 is 9.32 Å². The third-order valence-electron chi connectivity index (χ3n) is 3.75. The molecular formula is C15H16Cl2N4O2. The molecule has 1 aromatic heterocycles. The first-order valence-electron chi connectivity index (χ1n) is 7.28. The van der Waals surface area contributed by atoms with Gasteiger partial charge in [0, 0.05) is 38.1 Å². The number of carbonyl (C=O) groups excluding carboxylic acids is 1. The van der Waals surface area contributed by atoms with Crippen LogP contribution in [-0.2, 0) is 6.54 Å². The summed E-state index contributed by atoms with van der Waals surface area (Å²) in [4.78, 5) is 16.5. The Hall–Kier alpha value is -1.63. The molecule has 1 aliphatic heterocycles. The first-order valence-corrected chi connectivity index (χ1v) is 8.04. The molecule has 1 amide bonds. The van der Waals surface area contributed by atoms with E-state index in [0.29, 0.717) is 47.0 Å². The number of carbonyl (C=O) groups is 1. The van der Waals surface area contributed by atoms with Gasteiger partial charge in [-0.05, 0) is 18.2 Å². The van der Waals surface area contributed by atoms with Gasteiger partial charge in [-0.2, -0.15) is 0 Å². The lowest BCUT2D eigenvalue weighted by Gasteiger charge is -2.34. The van der Waals surface area contributed by atoms with Crippen LogP contribution in [0.3, 0.4) is 0 Å². The van der Waals surface area contributed by atoms with E-state index in [1.165, 1.54) is 0 Å². The smallest absolute Gasteiger partial charge is 0.255 e. The van der Waals surface area contributed by atoms with Crippen LogP contribution in [0.15, 0.2) is 22.6 Å². The first kappa shape index (κ1) is 16.2. The van der Waals surface area contributed by atoms with Crippen molar-refractivity contribution >= 4 is 29.1 Å². The van der Waals surface area contributed by atoms with E-state index in [0.717, 1.165) is 13.1 Å². The number of halogens is 2. The Morgan fingerprint density at radius 2 is 1.96 bits per heavy atom. The molecule has 122 valence electrons. The highest BCUT2D eigenvalue weighted by Crippen LogP contribution is 2.23. The number of benzene rings is 1. The van der Waals surface area contributed by atoms with E-state index in [2.05, 4.69) is 15.1 Å². The van der Waals surface area contributed by atoms with Crippen LogP contribution in [0.25, 0.3) is 0 Å². The fourth-order valence-electron chi connectivity index (χ4n) is 2.54. The topological polar surface area (TPSA) is 62.5 Å². The van der Waals surface area contributed by atoms with Gasteiger partial charge in [0.2, 0.25) is 11.8 Å². The molecule has 0 aliphatic carbocycles. The molecule has 8 heteroatoms. The number of hydrogen-bond donors (Lipinski definition) is 0. The van der Waals surface area contributed by atoms with E-state index >= 15 is 0 Å². The third-order valence-corrected chi connectivity index (χ3v) is 4.30. The van der Waals surface area contributed by atoms with Crippen molar-refractivity contribution in [3.63, 3.8) is 0 Å². The monoisotopic (exact) mass is 354 g/mol. The summed E-state index contributed by atoms with van der Waals surface area (Å²) in [7, 11) is 0. The van der Waals surface area contributed by atoms with Gasteiger partial charge in [-0.1, -0.05) is 23.2 Å². The molecule has 0 spiro atoms. The highest BCUT2D eigenvalue weighted by Gasteiger charge is 2.24. The minimum atomic E-state index is -0.0695. The molecule has 1 aromatic carbocycles. The van der Waals surface area contributed by atoms with E-state index in [1.807, 2.05) is 0 Å². The number of amides is 1. The van der Waals surface area contributed by atoms with Gasteiger partial charge in [0.1, 0.15) is 0 Å². The van der Waals surface area contributed by atoms with E-state index in [9.17, 15) is 4.79 Å². The third kappa shape index (κ3) is 3.83. The van der Waals surface area contributed by atoms with Crippen molar-refractivity contribution in [2.45, 2.75) is 13.5 Å². The minimum Gasteiger partial charge on any atom is -0.424 e. The second-order valence-corrected chi connectivity index (χ2v) is 6.25.